The number of H-pyrrole nitrogens is 1. The first kappa shape index (κ1) is 40.0. The number of aromatic amines is 1. The fraction of sp³-hybridized carbons (Fsp3) is 0.425. The number of aromatic nitrogens is 4. The second-order valence-electron chi connectivity index (χ2n) is 15.7. The zero-order valence-corrected chi connectivity index (χ0v) is 33.3. The Hall–Kier alpha value is -6.17. The van der Waals surface area contributed by atoms with E-state index in [0.717, 1.165) is 23.9 Å². The number of aryl methyl sites for hydroxylation is 1. The van der Waals surface area contributed by atoms with E-state index < -0.39 is 59.6 Å². The fourth-order valence-corrected chi connectivity index (χ4v) is 7.97. The molecule has 2 aliphatic heterocycles. The lowest BCUT2D eigenvalue weighted by molar-refractivity contribution is -0.124. The Morgan fingerprint density at radius 3 is 2.52 bits per heavy atom. The number of ether oxygens (including phenoxy) is 2. The van der Waals surface area contributed by atoms with Gasteiger partial charge in [0.2, 0.25) is 17.2 Å². The van der Waals surface area contributed by atoms with Gasteiger partial charge in [0.25, 0.3) is 0 Å². The molecule has 306 valence electrons. The molecule has 2 fully saturated rings. The van der Waals surface area contributed by atoms with Gasteiger partial charge in [-0.25, -0.2) is 28.3 Å². The lowest BCUT2D eigenvalue weighted by atomic mass is 9.99. The molecule has 18 heteroatoms. The van der Waals surface area contributed by atoms with E-state index in [1.807, 2.05) is 7.05 Å². The maximum absolute atomic E-state index is 16.4. The SMILES string of the molecule is CCOC(=O)c1cn(C)c2ncc(-c3cnc4[nH]c5c(N(C)C(=O)CNC(=O)CNC(=O)OC(C)(C)C)cc(F)c(F)c5c4c3N3CC[C@H]4CN(C)CC43)cc2c1=O. The molecular weight excluding hydrogens is 756 g/mol. The molecule has 2 aliphatic rings. The number of halogens is 2. The van der Waals surface area contributed by atoms with Crippen LogP contribution >= 0.6 is 0 Å². The Kier molecular flexibility index (Phi) is 10.6. The highest BCUT2D eigenvalue weighted by molar-refractivity contribution is 6.19. The number of hydrogen-bond donors (Lipinski definition) is 3. The van der Waals surface area contributed by atoms with Gasteiger partial charge >= 0.3 is 12.1 Å². The van der Waals surface area contributed by atoms with Crippen LogP contribution < -0.4 is 25.9 Å². The van der Waals surface area contributed by atoms with Crippen molar-refractivity contribution < 1.29 is 37.4 Å². The van der Waals surface area contributed by atoms with Gasteiger partial charge in [0.05, 0.1) is 46.2 Å². The number of likely N-dealkylation sites (tertiary alicyclic amines) is 1. The number of likely N-dealkylation sites (N-methyl/N-ethyl adjacent to an activating group) is 2. The summed E-state index contributed by atoms with van der Waals surface area (Å²) in [6.45, 7) is 7.95. The number of rotatable bonds is 9. The average molecular weight is 802 g/mol. The van der Waals surface area contributed by atoms with Crippen molar-refractivity contribution in [2.45, 2.75) is 45.8 Å². The van der Waals surface area contributed by atoms with Crippen LogP contribution in [0.5, 0.6) is 0 Å². The van der Waals surface area contributed by atoms with Gasteiger partial charge in [-0.3, -0.25) is 14.4 Å². The van der Waals surface area contributed by atoms with Crippen LogP contribution in [0.4, 0.5) is 25.0 Å². The minimum atomic E-state index is -1.22. The van der Waals surface area contributed by atoms with Gasteiger partial charge < -0.3 is 44.4 Å². The van der Waals surface area contributed by atoms with E-state index in [2.05, 4.69) is 35.4 Å². The summed E-state index contributed by atoms with van der Waals surface area (Å²) >= 11 is 0. The topological polar surface area (TPSA) is 184 Å². The molecule has 1 unspecified atom stereocenters. The number of hydrogen-bond acceptors (Lipinski definition) is 11. The normalized spacial score (nSPS) is 16.9. The number of nitrogens with zero attached hydrogens (tertiary/aromatic N) is 6. The molecule has 58 heavy (non-hydrogen) atoms. The number of esters is 1. The third-order valence-corrected chi connectivity index (χ3v) is 10.5. The second-order valence-corrected chi connectivity index (χ2v) is 15.7. The van der Waals surface area contributed by atoms with Crippen LogP contribution in [-0.2, 0) is 26.1 Å². The first-order chi connectivity index (χ1) is 27.5. The third-order valence-electron chi connectivity index (χ3n) is 10.5. The van der Waals surface area contributed by atoms with Crippen molar-refractivity contribution >= 4 is 68.2 Å². The molecule has 5 aromatic rings. The minimum absolute atomic E-state index is 0.00668. The van der Waals surface area contributed by atoms with Gasteiger partial charge in [-0.15, -0.1) is 0 Å². The molecule has 0 aliphatic carbocycles. The highest BCUT2D eigenvalue weighted by Gasteiger charge is 2.42. The monoisotopic (exact) mass is 801 g/mol. The summed E-state index contributed by atoms with van der Waals surface area (Å²) in [5.41, 5.74) is 0.651. The number of carbonyl (C=O) groups excluding carboxylic acids is 4. The quantitative estimate of drug-likeness (QED) is 0.184. The van der Waals surface area contributed by atoms with Crippen LogP contribution in [0, 0.1) is 17.6 Å². The first-order valence-electron chi connectivity index (χ1n) is 18.9. The Morgan fingerprint density at radius 2 is 1.79 bits per heavy atom. The lowest BCUT2D eigenvalue weighted by Crippen LogP contribution is -2.43. The number of anilines is 2. The summed E-state index contributed by atoms with van der Waals surface area (Å²) in [7, 11) is 5.07. The first-order valence-corrected chi connectivity index (χ1v) is 18.9. The predicted molar refractivity (Wildman–Crippen MR) is 213 cm³/mol. The van der Waals surface area contributed by atoms with Crippen molar-refractivity contribution in [2.75, 3.05) is 63.2 Å². The third kappa shape index (κ3) is 7.39. The zero-order valence-electron chi connectivity index (χ0n) is 33.3. The molecule has 0 saturated carbocycles. The largest absolute Gasteiger partial charge is 0.462 e. The Labute approximate surface area is 331 Å². The molecule has 3 N–H and O–H groups in total. The molecule has 3 amide bonds. The maximum atomic E-state index is 16.4. The van der Waals surface area contributed by atoms with E-state index in [0.29, 0.717) is 41.5 Å². The number of fused-ring (bicyclic) bond motifs is 5. The number of nitrogens with one attached hydrogen (secondary N) is 3. The molecule has 7 rings (SSSR count). The average Bonchev–Trinajstić information content (AvgIpc) is 3.86. The van der Waals surface area contributed by atoms with E-state index in [4.69, 9.17) is 9.47 Å². The van der Waals surface area contributed by atoms with E-state index in [9.17, 15) is 24.0 Å². The van der Waals surface area contributed by atoms with Crippen LogP contribution in [-0.4, -0.2) is 113 Å². The molecule has 2 saturated heterocycles. The summed E-state index contributed by atoms with van der Waals surface area (Å²) in [6, 6.07) is 2.54. The molecule has 0 radical (unpaired) electrons. The van der Waals surface area contributed by atoms with Crippen molar-refractivity contribution in [2.24, 2.45) is 13.0 Å². The Bertz CT molecular complexity index is 2570. The summed E-state index contributed by atoms with van der Waals surface area (Å²) in [5.74, 6) is -4.16. The van der Waals surface area contributed by atoms with Crippen LogP contribution in [0.15, 0.2) is 35.5 Å². The van der Waals surface area contributed by atoms with Crippen LogP contribution in [0.2, 0.25) is 0 Å². The van der Waals surface area contributed by atoms with Gasteiger partial charge in [0.15, 0.2) is 11.6 Å². The standard InChI is InChI=1S/C40H45F2N9O7/c1-8-57-38(55)24-18-49(6)37-22(35(24)54)11-21(13-45-37)23-14-44-36-31(34(23)51-10-9-20-17-48(5)19-27(20)51)30-32(42)25(41)12-26(33(30)47-36)50(7)29(53)16-43-28(52)15-46-39(56)58-40(2,3)4/h11-14,18,20,27H,8-10,15-17,19H2,1-7H3,(H,43,52)(H,44,47)(H,46,56)/t20-,27?/m0/s1. The van der Waals surface area contributed by atoms with Gasteiger partial charge in [0, 0.05) is 75.6 Å². The van der Waals surface area contributed by atoms with Crippen molar-refractivity contribution in [3.63, 3.8) is 0 Å². The summed E-state index contributed by atoms with van der Waals surface area (Å²) < 4.78 is 44.0. The van der Waals surface area contributed by atoms with Gasteiger partial charge in [-0.2, -0.15) is 0 Å². The van der Waals surface area contributed by atoms with Crippen molar-refractivity contribution in [3.05, 3.63) is 58.1 Å². The van der Waals surface area contributed by atoms with Crippen molar-refractivity contribution in [1.29, 1.82) is 0 Å². The molecule has 16 nitrogen and oxygen atoms in total. The molecule has 4 aromatic heterocycles. The molecular formula is C40H45F2N9O7. The zero-order chi connectivity index (χ0) is 41.8. The molecule has 0 spiro atoms. The predicted octanol–water partition coefficient (Wildman–Crippen LogP) is 3.83. The second kappa shape index (κ2) is 15.3. The molecule has 1 aromatic carbocycles. The number of benzene rings is 1. The van der Waals surface area contributed by atoms with E-state index in [1.165, 1.54) is 13.2 Å². The number of alkyl carbamates (subject to hydrolysis) is 1. The fourth-order valence-electron chi connectivity index (χ4n) is 7.97. The molecule has 0 bridgehead atoms. The summed E-state index contributed by atoms with van der Waals surface area (Å²) in [5, 5.41) is 5.04. The molecule has 2 atom stereocenters. The van der Waals surface area contributed by atoms with Crippen LogP contribution in [0.3, 0.4) is 0 Å². The minimum Gasteiger partial charge on any atom is -0.462 e. The molecule has 6 heterocycles. The number of carbonyl (C=O) groups is 4. The van der Waals surface area contributed by atoms with E-state index in [1.54, 1.807) is 57.8 Å². The van der Waals surface area contributed by atoms with E-state index in [-0.39, 0.29) is 51.2 Å². The number of pyridine rings is 3. The van der Waals surface area contributed by atoms with Gasteiger partial charge in [0.1, 0.15) is 29.0 Å². The van der Waals surface area contributed by atoms with Gasteiger partial charge in [-0.05, 0) is 53.1 Å². The summed E-state index contributed by atoms with van der Waals surface area (Å²) in [6.07, 6.45) is 4.59. The smallest absolute Gasteiger partial charge is 0.408 e. The highest BCUT2D eigenvalue weighted by Crippen LogP contribution is 2.47. The highest BCUT2D eigenvalue weighted by atomic mass is 19.2. The summed E-state index contributed by atoms with van der Waals surface area (Å²) in [4.78, 5) is 82.3. The van der Waals surface area contributed by atoms with Crippen LogP contribution in [0.1, 0.15) is 44.5 Å². The van der Waals surface area contributed by atoms with Crippen molar-refractivity contribution in [1.82, 2.24) is 35.1 Å². The van der Waals surface area contributed by atoms with Crippen LogP contribution in [0.25, 0.3) is 44.1 Å². The Morgan fingerprint density at radius 1 is 1.03 bits per heavy atom. The maximum Gasteiger partial charge on any atom is 0.408 e. The van der Waals surface area contributed by atoms with Crippen molar-refractivity contribution in [3.8, 4) is 11.1 Å². The Balaban J connectivity index is 1.33. The van der Waals surface area contributed by atoms with Gasteiger partial charge in [-0.1, -0.05) is 0 Å². The number of amides is 3. The lowest BCUT2D eigenvalue weighted by Gasteiger charge is -2.29. The van der Waals surface area contributed by atoms with E-state index >= 15 is 8.78 Å².